The van der Waals surface area contributed by atoms with Crippen molar-refractivity contribution in [2.75, 3.05) is 6.54 Å². The second-order valence-corrected chi connectivity index (χ2v) is 5.86. The Bertz CT molecular complexity index is 519. The Labute approximate surface area is 122 Å². The molecule has 1 nitrogen and oxygen atoms in total. The van der Waals surface area contributed by atoms with E-state index in [1.54, 1.807) is 11.3 Å². The van der Waals surface area contributed by atoms with E-state index < -0.39 is 0 Å². The van der Waals surface area contributed by atoms with Crippen molar-refractivity contribution in [3.8, 4) is 0 Å². The molecule has 0 aliphatic rings. The molecule has 0 bridgehead atoms. The van der Waals surface area contributed by atoms with Gasteiger partial charge in [0.25, 0.3) is 0 Å². The Balaban J connectivity index is 2.39. The van der Waals surface area contributed by atoms with Gasteiger partial charge in [0.15, 0.2) is 0 Å². The van der Waals surface area contributed by atoms with Gasteiger partial charge in [0.05, 0.1) is 11.1 Å². The number of benzene rings is 1. The molecule has 0 aliphatic carbocycles. The van der Waals surface area contributed by atoms with Crippen LogP contribution in [-0.4, -0.2) is 6.54 Å². The van der Waals surface area contributed by atoms with Crippen molar-refractivity contribution in [2.24, 2.45) is 0 Å². The second-order valence-electron chi connectivity index (χ2n) is 4.14. The number of rotatable bonds is 4. The zero-order chi connectivity index (χ0) is 13.1. The summed E-state index contributed by atoms with van der Waals surface area (Å²) in [4.78, 5) is 1.17. The Morgan fingerprint density at radius 2 is 1.89 bits per heavy atom. The first kappa shape index (κ1) is 13.9. The van der Waals surface area contributed by atoms with Gasteiger partial charge in [-0.05, 0) is 42.1 Å². The van der Waals surface area contributed by atoms with Crippen molar-refractivity contribution < 1.29 is 0 Å². The summed E-state index contributed by atoms with van der Waals surface area (Å²) >= 11 is 14.0. The molecule has 0 radical (unpaired) electrons. The standard InChI is InChI=1S/C14H15Cl2NS/c1-3-17-13(10-4-6-11(15)7-5-10)14-12(16)9(2)8-18-14/h4-8,13,17H,3H2,1-2H3. The van der Waals surface area contributed by atoms with Crippen LogP contribution in [-0.2, 0) is 0 Å². The summed E-state index contributed by atoms with van der Waals surface area (Å²) in [6, 6.07) is 8.05. The van der Waals surface area contributed by atoms with Crippen molar-refractivity contribution in [1.82, 2.24) is 5.32 Å². The number of hydrogen-bond acceptors (Lipinski definition) is 2. The summed E-state index contributed by atoms with van der Waals surface area (Å²) in [5.74, 6) is 0. The third-order valence-corrected chi connectivity index (χ3v) is 4.83. The molecule has 1 unspecified atom stereocenters. The first-order valence-corrected chi connectivity index (χ1v) is 7.49. The smallest absolute Gasteiger partial charge is 0.0686 e. The Morgan fingerprint density at radius 1 is 1.22 bits per heavy atom. The van der Waals surface area contributed by atoms with E-state index in [1.807, 2.05) is 31.2 Å². The average Bonchev–Trinajstić information content (AvgIpc) is 2.69. The van der Waals surface area contributed by atoms with Gasteiger partial charge in [-0.1, -0.05) is 42.3 Å². The third kappa shape index (κ3) is 2.89. The molecule has 0 saturated heterocycles. The van der Waals surface area contributed by atoms with Crippen LogP contribution in [0.2, 0.25) is 10.0 Å². The SMILES string of the molecule is CCNC(c1ccc(Cl)cc1)c1scc(C)c1Cl. The molecule has 2 aromatic rings. The van der Waals surface area contributed by atoms with E-state index in [0.29, 0.717) is 0 Å². The maximum absolute atomic E-state index is 6.36. The van der Waals surface area contributed by atoms with E-state index in [0.717, 1.165) is 22.2 Å². The molecule has 1 aromatic carbocycles. The van der Waals surface area contributed by atoms with Crippen molar-refractivity contribution in [3.05, 3.63) is 55.7 Å². The normalized spacial score (nSPS) is 12.7. The molecule has 0 saturated carbocycles. The van der Waals surface area contributed by atoms with Crippen LogP contribution >= 0.6 is 34.5 Å². The van der Waals surface area contributed by atoms with Gasteiger partial charge in [0.2, 0.25) is 0 Å². The third-order valence-electron chi connectivity index (χ3n) is 2.80. The van der Waals surface area contributed by atoms with E-state index in [2.05, 4.69) is 17.6 Å². The largest absolute Gasteiger partial charge is 0.306 e. The van der Waals surface area contributed by atoms with E-state index >= 15 is 0 Å². The molecule has 18 heavy (non-hydrogen) atoms. The van der Waals surface area contributed by atoms with Crippen molar-refractivity contribution in [2.45, 2.75) is 19.9 Å². The zero-order valence-corrected chi connectivity index (χ0v) is 12.7. The molecule has 1 atom stereocenters. The molecule has 4 heteroatoms. The summed E-state index contributed by atoms with van der Waals surface area (Å²) in [7, 11) is 0. The van der Waals surface area contributed by atoms with Gasteiger partial charge in [0.1, 0.15) is 0 Å². The molecule has 1 N–H and O–H groups in total. The minimum atomic E-state index is 0.137. The Hall–Kier alpha value is -0.540. The quantitative estimate of drug-likeness (QED) is 0.832. The van der Waals surface area contributed by atoms with Crippen LogP contribution in [0.1, 0.15) is 29.0 Å². The predicted molar refractivity (Wildman–Crippen MR) is 81.0 cm³/mol. The van der Waals surface area contributed by atoms with Crippen LogP contribution in [0.15, 0.2) is 29.6 Å². The van der Waals surface area contributed by atoms with E-state index in [1.165, 1.54) is 10.4 Å². The lowest BCUT2D eigenvalue weighted by atomic mass is 10.0. The number of hydrogen-bond donors (Lipinski definition) is 1. The lowest BCUT2D eigenvalue weighted by Gasteiger charge is -2.18. The van der Waals surface area contributed by atoms with Crippen LogP contribution in [0.25, 0.3) is 0 Å². The fraction of sp³-hybridized carbons (Fsp3) is 0.286. The monoisotopic (exact) mass is 299 g/mol. The highest BCUT2D eigenvalue weighted by atomic mass is 35.5. The summed E-state index contributed by atoms with van der Waals surface area (Å²) in [5.41, 5.74) is 2.32. The average molecular weight is 300 g/mol. The van der Waals surface area contributed by atoms with Crippen molar-refractivity contribution >= 4 is 34.5 Å². The lowest BCUT2D eigenvalue weighted by molar-refractivity contribution is 0.639. The minimum Gasteiger partial charge on any atom is -0.306 e. The molecule has 0 amide bonds. The van der Waals surface area contributed by atoms with Crippen LogP contribution in [0.3, 0.4) is 0 Å². The minimum absolute atomic E-state index is 0.137. The summed E-state index contributed by atoms with van der Waals surface area (Å²) in [5, 5.41) is 7.18. The van der Waals surface area contributed by atoms with Gasteiger partial charge in [0, 0.05) is 9.90 Å². The second kappa shape index (κ2) is 6.07. The molecule has 1 aromatic heterocycles. The Morgan fingerprint density at radius 3 is 2.39 bits per heavy atom. The number of aryl methyl sites for hydroxylation is 1. The fourth-order valence-corrected chi connectivity index (χ4v) is 3.40. The van der Waals surface area contributed by atoms with Crippen LogP contribution in [0, 0.1) is 6.92 Å². The predicted octanol–water partition coefficient (Wildman–Crippen LogP) is 5.06. The molecular weight excluding hydrogens is 285 g/mol. The topological polar surface area (TPSA) is 12.0 Å². The van der Waals surface area contributed by atoms with Gasteiger partial charge in [-0.2, -0.15) is 0 Å². The fourth-order valence-electron chi connectivity index (χ4n) is 1.87. The zero-order valence-electron chi connectivity index (χ0n) is 10.3. The van der Waals surface area contributed by atoms with Crippen LogP contribution < -0.4 is 5.32 Å². The Kier molecular flexibility index (Phi) is 4.68. The van der Waals surface area contributed by atoms with Gasteiger partial charge >= 0.3 is 0 Å². The van der Waals surface area contributed by atoms with Crippen LogP contribution in [0.4, 0.5) is 0 Å². The molecule has 2 rings (SSSR count). The molecular formula is C14H15Cl2NS. The highest BCUT2D eigenvalue weighted by molar-refractivity contribution is 7.10. The molecule has 96 valence electrons. The van der Waals surface area contributed by atoms with Crippen molar-refractivity contribution in [1.29, 1.82) is 0 Å². The van der Waals surface area contributed by atoms with E-state index in [9.17, 15) is 0 Å². The summed E-state index contributed by atoms with van der Waals surface area (Å²) < 4.78 is 0. The highest BCUT2D eigenvalue weighted by Crippen LogP contribution is 2.35. The van der Waals surface area contributed by atoms with Crippen molar-refractivity contribution in [3.63, 3.8) is 0 Å². The maximum atomic E-state index is 6.36. The molecule has 0 aliphatic heterocycles. The summed E-state index contributed by atoms with van der Waals surface area (Å²) in [6.45, 7) is 5.02. The molecule has 0 spiro atoms. The lowest BCUT2D eigenvalue weighted by Crippen LogP contribution is -2.21. The van der Waals surface area contributed by atoms with Crippen LogP contribution in [0.5, 0.6) is 0 Å². The highest BCUT2D eigenvalue weighted by Gasteiger charge is 2.18. The van der Waals surface area contributed by atoms with E-state index in [4.69, 9.17) is 23.2 Å². The first-order chi connectivity index (χ1) is 8.63. The first-order valence-electron chi connectivity index (χ1n) is 5.85. The van der Waals surface area contributed by atoms with Gasteiger partial charge in [-0.15, -0.1) is 11.3 Å². The van der Waals surface area contributed by atoms with Gasteiger partial charge in [-0.3, -0.25) is 0 Å². The van der Waals surface area contributed by atoms with Gasteiger partial charge in [-0.25, -0.2) is 0 Å². The van der Waals surface area contributed by atoms with E-state index in [-0.39, 0.29) is 6.04 Å². The number of thiophene rings is 1. The molecule has 0 fully saturated rings. The van der Waals surface area contributed by atoms with Gasteiger partial charge < -0.3 is 5.32 Å². The molecule has 1 heterocycles. The number of nitrogens with one attached hydrogen (secondary N) is 1. The summed E-state index contributed by atoms with van der Waals surface area (Å²) in [6.07, 6.45) is 0. The number of halogens is 2. The maximum Gasteiger partial charge on any atom is 0.0686 e.